The van der Waals surface area contributed by atoms with Crippen LogP contribution in [0.3, 0.4) is 0 Å². The van der Waals surface area contributed by atoms with Crippen molar-refractivity contribution in [1.82, 2.24) is 10.2 Å². The van der Waals surface area contributed by atoms with Gasteiger partial charge in [-0.15, -0.1) is 24.0 Å². The molecule has 0 amide bonds. The average Bonchev–Trinajstić information content (AvgIpc) is 2.44. The Morgan fingerprint density at radius 2 is 1.91 bits per heavy atom. The molecule has 0 saturated heterocycles. The van der Waals surface area contributed by atoms with Gasteiger partial charge in [-0.25, -0.2) is 4.99 Å². The van der Waals surface area contributed by atoms with Crippen LogP contribution in [0.5, 0.6) is 0 Å². The maximum Gasteiger partial charge on any atom is 0.188 e. The molecule has 0 unspecified atom stereocenters. The van der Waals surface area contributed by atoms with Gasteiger partial charge in [0.25, 0.3) is 0 Å². The van der Waals surface area contributed by atoms with Gasteiger partial charge in [0.05, 0.1) is 6.54 Å². The summed E-state index contributed by atoms with van der Waals surface area (Å²) in [7, 11) is 4.15. The van der Waals surface area contributed by atoms with Crippen molar-refractivity contribution in [3.8, 4) is 0 Å². The number of benzene rings is 1. The molecule has 5 heteroatoms. The number of guanidine groups is 1. The Bertz CT molecular complexity index is 432. The van der Waals surface area contributed by atoms with Crippen LogP contribution in [-0.2, 0) is 13.1 Å². The number of aliphatic imine (C=N–C) groups is 1. The second-order valence-electron chi connectivity index (χ2n) is 5.75. The van der Waals surface area contributed by atoms with E-state index in [4.69, 9.17) is 5.73 Å². The zero-order chi connectivity index (χ0) is 15.5. The van der Waals surface area contributed by atoms with Gasteiger partial charge in [0.2, 0.25) is 0 Å². The van der Waals surface area contributed by atoms with Gasteiger partial charge >= 0.3 is 0 Å². The van der Waals surface area contributed by atoms with Gasteiger partial charge in [0.1, 0.15) is 0 Å². The zero-order valence-electron chi connectivity index (χ0n) is 14.1. The highest BCUT2D eigenvalue weighted by Crippen LogP contribution is 2.08. The lowest BCUT2D eigenvalue weighted by Crippen LogP contribution is -2.32. The SMILES string of the molecule is CCCCCCNC(N)=NCc1cccc(CN(C)C)c1.I. The van der Waals surface area contributed by atoms with E-state index in [9.17, 15) is 0 Å². The van der Waals surface area contributed by atoms with E-state index >= 15 is 0 Å². The third-order valence-electron chi connectivity index (χ3n) is 3.26. The molecule has 0 aromatic heterocycles. The number of unbranched alkanes of at least 4 members (excludes halogenated alkanes) is 3. The molecule has 0 atom stereocenters. The largest absolute Gasteiger partial charge is 0.370 e. The molecule has 1 rings (SSSR count). The molecule has 1 aromatic rings. The summed E-state index contributed by atoms with van der Waals surface area (Å²) in [4.78, 5) is 6.56. The number of halogens is 1. The fraction of sp³-hybridized carbons (Fsp3) is 0.588. The highest BCUT2D eigenvalue weighted by atomic mass is 127. The molecule has 0 fully saturated rings. The van der Waals surface area contributed by atoms with Crippen LogP contribution in [0.25, 0.3) is 0 Å². The predicted octanol–water partition coefficient (Wildman–Crippen LogP) is 3.35. The summed E-state index contributed by atoms with van der Waals surface area (Å²) < 4.78 is 0. The molecule has 126 valence electrons. The molecule has 3 N–H and O–H groups in total. The summed E-state index contributed by atoms with van der Waals surface area (Å²) in [5.74, 6) is 0.546. The van der Waals surface area contributed by atoms with Gasteiger partial charge in [-0.2, -0.15) is 0 Å². The van der Waals surface area contributed by atoms with Crippen LogP contribution >= 0.6 is 24.0 Å². The lowest BCUT2D eigenvalue weighted by atomic mass is 10.1. The van der Waals surface area contributed by atoms with E-state index in [0.29, 0.717) is 12.5 Å². The Balaban J connectivity index is 0.00000441. The Kier molecular flexibility index (Phi) is 12.2. The van der Waals surface area contributed by atoms with E-state index < -0.39 is 0 Å². The molecule has 0 heterocycles. The highest BCUT2D eigenvalue weighted by molar-refractivity contribution is 14.0. The van der Waals surface area contributed by atoms with Crippen molar-refractivity contribution in [3.05, 3.63) is 35.4 Å². The van der Waals surface area contributed by atoms with Crippen molar-refractivity contribution >= 4 is 29.9 Å². The van der Waals surface area contributed by atoms with Crippen molar-refractivity contribution in [2.24, 2.45) is 10.7 Å². The Labute approximate surface area is 152 Å². The average molecular weight is 418 g/mol. The lowest BCUT2D eigenvalue weighted by Gasteiger charge is -2.10. The second kappa shape index (κ2) is 12.7. The molecular weight excluding hydrogens is 387 g/mol. The molecule has 1 aromatic carbocycles. The molecule has 22 heavy (non-hydrogen) atoms. The van der Waals surface area contributed by atoms with Crippen molar-refractivity contribution in [2.75, 3.05) is 20.6 Å². The lowest BCUT2D eigenvalue weighted by molar-refractivity contribution is 0.402. The van der Waals surface area contributed by atoms with Crippen LogP contribution in [-0.4, -0.2) is 31.5 Å². The standard InChI is InChI=1S/C17H30N4.HI/c1-4-5-6-7-11-19-17(18)20-13-15-9-8-10-16(12-15)14-21(2)3;/h8-10,12H,4-7,11,13-14H2,1-3H3,(H3,18,19,20);1H. The fourth-order valence-electron chi connectivity index (χ4n) is 2.19. The Morgan fingerprint density at radius 1 is 1.18 bits per heavy atom. The van der Waals surface area contributed by atoms with Gasteiger partial charge in [0, 0.05) is 13.1 Å². The van der Waals surface area contributed by atoms with E-state index in [0.717, 1.165) is 19.5 Å². The van der Waals surface area contributed by atoms with Crippen molar-refractivity contribution in [3.63, 3.8) is 0 Å². The summed E-state index contributed by atoms with van der Waals surface area (Å²) >= 11 is 0. The Morgan fingerprint density at radius 3 is 2.59 bits per heavy atom. The van der Waals surface area contributed by atoms with Crippen LogP contribution in [0.4, 0.5) is 0 Å². The van der Waals surface area contributed by atoms with Crippen LogP contribution in [0.2, 0.25) is 0 Å². The first-order valence-electron chi connectivity index (χ1n) is 7.88. The predicted molar refractivity (Wildman–Crippen MR) is 107 cm³/mol. The van der Waals surface area contributed by atoms with E-state index in [1.54, 1.807) is 0 Å². The first-order chi connectivity index (χ1) is 10.1. The summed E-state index contributed by atoms with van der Waals surface area (Å²) in [5, 5.41) is 3.18. The third kappa shape index (κ3) is 10.00. The van der Waals surface area contributed by atoms with Gasteiger partial charge in [-0.1, -0.05) is 50.5 Å². The first-order valence-corrected chi connectivity index (χ1v) is 7.88. The maximum atomic E-state index is 5.89. The third-order valence-corrected chi connectivity index (χ3v) is 3.26. The first kappa shape index (κ1) is 21.2. The maximum absolute atomic E-state index is 5.89. The van der Waals surface area contributed by atoms with E-state index in [1.165, 1.54) is 30.4 Å². The normalized spacial score (nSPS) is 11.4. The van der Waals surface area contributed by atoms with E-state index in [1.807, 2.05) is 0 Å². The van der Waals surface area contributed by atoms with Crippen LogP contribution in [0, 0.1) is 0 Å². The molecule has 0 saturated carbocycles. The molecule has 0 radical (unpaired) electrons. The summed E-state index contributed by atoms with van der Waals surface area (Å²) in [6.45, 7) is 4.71. The minimum Gasteiger partial charge on any atom is -0.370 e. The minimum absolute atomic E-state index is 0. The summed E-state index contributed by atoms with van der Waals surface area (Å²) in [6.07, 6.45) is 4.95. The van der Waals surface area contributed by atoms with Gasteiger partial charge in [-0.3, -0.25) is 0 Å². The quantitative estimate of drug-likeness (QED) is 0.280. The monoisotopic (exact) mass is 418 g/mol. The number of hydrogen-bond acceptors (Lipinski definition) is 2. The Hall–Kier alpha value is -0.820. The smallest absolute Gasteiger partial charge is 0.188 e. The molecule has 0 bridgehead atoms. The molecule has 0 aliphatic carbocycles. The molecule has 0 aliphatic heterocycles. The number of nitrogens with zero attached hydrogens (tertiary/aromatic N) is 2. The highest BCUT2D eigenvalue weighted by Gasteiger charge is 1.98. The number of rotatable bonds is 9. The minimum atomic E-state index is 0. The van der Waals surface area contributed by atoms with Crippen LogP contribution in [0.15, 0.2) is 29.3 Å². The molecule has 0 spiro atoms. The van der Waals surface area contributed by atoms with E-state index in [2.05, 4.69) is 60.5 Å². The van der Waals surface area contributed by atoms with Crippen LogP contribution in [0.1, 0.15) is 43.7 Å². The molecule has 0 aliphatic rings. The van der Waals surface area contributed by atoms with Crippen molar-refractivity contribution in [2.45, 2.75) is 45.7 Å². The van der Waals surface area contributed by atoms with Gasteiger partial charge in [-0.05, 0) is 31.6 Å². The second-order valence-corrected chi connectivity index (χ2v) is 5.75. The summed E-state index contributed by atoms with van der Waals surface area (Å²) in [6, 6.07) is 8.51. The van der Waals surface area contributed by atoms with Crippen molar-refractivity contribution < 1.29 is 0 Å². The zero-order valence-corrected chi connectivity index (χ0v) is 16.5. The van der Waals surface area contributed by atoms with Crippen molar-refractivity contribution in [1.29, 1.82) is 0 Å². The van der Waals surface area contributed by atoms with E-state index in [-0.39, 0.29) is 24.0 Å². The number of hydrogen-bond donors (Lipinski definition) is 2. The van der Waals surface area contributed by atoms with Gasteiger partial charge in [0.15, 0.2) is 5.96 Å². The fourth-order valence-corrected chi connectivity index (χ4v) is 2.19. The molecule has 4 nitrogen and oxygen atoms in total. The van der Waals surface area contributed by atoms with Crippen LogP contribution < -0.4 is 11.1 Å². The topological polar surface area (TPSA) is 53.6 Å². The number of nitrogens with two attached hydrogens (primary N) is 1. The summed E-state index contributed by atoms with van der Waals surface area (Å²) in [5.41, 5.74) is 8.39. The van der Waals surface area contributed by atoms with Gasteiger partial charge < -0.3 is 16.0 Å². The number of nitrogens with one attached hydrogen (secondary N) is 1. The molecular formula is C17H31IN4.